The topological polar surface area (TPSA) is 90.7 Å². The predicted octanol–water partition coefficient (Wildman–Crippen LogP) is 3.96. The van der Waals surface area contributed by atoms with Gasteiger partial charge in [0.15, 0.2) is 0 Å². The van der Waals surface area contributed by atoms with Gasteiger partial charge in [-0.1, -0.05) is 23.8 Å². The Kier molecular flexibility index (Phi) is 4.90. The summed E-state index contributed by atoms with van der Waals surface area (Å²) in [6, 6.07) is 16.4. The number of aromatic nitrogens is 2. The molecule has 0 aliphatic carbocycles. The van der Waals surface area contributed by atoms with Gasteiger partial charge in [-0.15, -0.1) is 0 Å². The molecule has 6 nitrogen and oxygen atoms in total. The molecule has 1 aromatic heterocycles. The number of nitriles is 1. The molecule has 26 heavy (non-hydrogen) atoms. The second-order valence-corrected chi connectivity index (χ2v) is 5.88. The van der Waals surface area contributed by atoms with Crippen LogP contribution in [0.4, 0.5) is 17.2 Å². The molecule has 0 spiro atoms. The number of hydrogen-bond donors (Lipinski definition) is 2. The molecule has 0 saturated heterocycles. The first-order valence-electron chi connectivity index (χ1n) is 8.03. The zero-order valence-electron chi connectivity index (χ0n) is 14.4. The van der Waals surface area contributed by atoms with Gasteiger partial charge < -0.3 is 10.6 Å². The van der Waals surface area contributed by atoms with Crippen molar-refractivity contribution in [2.45, 2.75) is 13.8 Å². The fraction of sp³-hybridized carbons (Fsp3) is 0.100. The first-order valence-corrected chi connectivity index (χ1v) is 8.03. The van der Waals surface area contributed by atoms with Crippen LogP contribution in [-0.2, 0) is 0 Å². The maximum Gasteiger partial charge on any atom is 0.274 e. The number of nitrogens with one attached hydrogen (secondary N) is 2. The fourth-order valence-electron chi connectivity index (χ4n) is 2.50. The Labute approximate surface area is 151 Å². The summed E-state index contributed by atoms with van der Waals surface area (Å²) in [7, 11) is 0. The molecule has 6 heteroatoms. The van der Waals surface area contributed by atoms with Gasteiger partial charge in [0, 0.05) is 17.4 Å². The van der Waals surface area contributed by atoms with E-state index in [1.807, 2.05) is 32.0 Å². The van der Waals surface area contributed by atoms with Crippen LogP contribution in [0.3, 0.4) is 0 Å². The van der Waals surface area contributed by atoms with E-state index < -0.39 is 0 Å². The quantitative estimate of drug-likeness (QED) is 0.748. The fourth-order valence-corrected chi connectivity index (χ4v) is 2.50. The highest BCUT2D eigenvalue weighted by molar-refractivity contribution is 6.03. The van der Waals surface area contributed by atoms with Crippen LogP contribution in [0.2, 0.25) is 0 Å². The number of hydrogen-bond acceptors (Lipinski definition) is 5. The number of nitrogens with zero attached hydrogens (tertiary/aromatic N) is 3. The summed E-state index contributed by atoms with van der Waals surface area (Å²) in [5.74, 6) is 0.161. The molecule has 0 unspecified atom stereocenters. The Balaban J connectivity index is 1.78. The number of aryl methyl sites for hydroxylation is 2. The van der Waals surface area contributed by atoms with Crippen LogP contribution in [0.15, 0.2) is 54.9 Å². The smallest absolute Gasteiger partial charge is 0.274 e. The lowest BCUT2D eigenvalue weighted by atomic mass is 10.1. The molecule has 2 N–H and O–H groups in total. The number of rotatable bonds is 4. The van der Waals surface area contributed by atoms with E-state index in [4.69, 9.17) is 5.26 Å². The third-order valence-electron chi connectivity index (χ3n) is 3.79. The average molecular weight is 343 g/mol. The lowest BCUT2D eigenvalue weighted by Crippen LogP contribution is -2.14. The van der Waals surface area contributed by atoms with Crippen molar-refractivity contribution in [2.24, 2.45) is 0 Å². The molecule has 0 fully saturated rings. The minimum atomic E-state index is -0.369. The van der Waals surface area contributed by atoms with Crippen LogP contribution in [0.1, 0.15) is 27.2 Å². The van der Waals surface area contributed by atoms with Crippen molar-refractivity contribution < 1.29 is 4.79 Å². The molecule has 3 aromatic rings. The van der Waals surface area contributed by atoms with Gasteiger partial charge in [-0.25, -0.2) is 9.97 Å². The van der Waals surface area contributed by atoms with E-state index in [1.165, 1.54) is 11.9 Å². The third-order valence-corrected chi connectivity index (χ3v) is 3.79. The van der Waals surface area contributed by atoms with Gasteiger partial charge in [-0.2, -0.15) is 5.26 Å². The van der Waals surface area contributed by atoms with Gasteiger partial charge in [0.25, 0.3) is 5.91 Å². The first kappa shape index (κ1) is 17.1. The van der Waals surface area contributed by atoms with Crippen LogP contribution in [-0.4, -0.2) is 15.9 Å². The van der Waals surface area contributed by atoms with Crippen LogP contribution >= 0.6 is 0 Å². The molecule has 0 radical (unpaired) electrons. The Morgan fingerprint density at radius 1 is 1.08 bits per heavy atom. The van der Waals surface area contributed by atoms with E-state index in [0.717, 1.165) is 11.3 Å². The van der Waals surface area contributed by atoms with Crippen molar-refractivity contribution in [1.82, 2.24) is 9.97 Å². The highest BCUT2D eigenvalue weighted by Gasteiger charge is 2.10. The summed E-state index contributed by atoms with van der Waals surface area (Å²) in [5.41, 5.74) is 4.43. The van der Waals surface area contributed by atoms with E-state index in [0.29, 0.717) is 17.1 Å². The Hall–Kier alpha value is -3.72. The van der Waals surface area contributed by atoms with E-state index >= 15 is 0 Å². The van der Waals surface area contributed by atoms with Gasteiger partial charge in [0.1, 0.15) is 17.8 Å². The number of anilines is 3. The summed E-state index contributed by atoms with van der Waals surface area (Å²) >= 11 is 0. The second-order valence-electron chi connectivity index (χ2n) is 5.88. The van der Waals surface area contributed by atoms with Crippen LogP contribution in [0.5, 0.6) is 0 Å². The number of benzene rings is 2. The molecular weight excluding hydrogens is 326 g/mol. The van der Waals surface area contributed by atoms with Crippen molar-refractivity contribution >= 4 is 23.1 Å². The molecule has 0 aliphatic rings. The third kappa shape index (κ3) is 4.02. The van der Waals surface area contributed by atoms with E-state index in [9.17, 15) is 4.79 Å². The summed E-state index contributed by atoms with van der Waals surface area (Å²) in [5, 5.41) is 14.9. The SMILES string of the molecule is Cc1ccc(Nc2cc(C(=O)Nc3cccc(C#N)c3)ncn2)c(C)c1. The van der Waals surface area contributed by atoms with E-state index in [1.54, 1.807) is 30.3 Å². The molecule has 0 saturated carbocycles. The molecule has 0 atom stereocenters. The van der Waals surface area contributed by atoms with Gasteiger partial charge in [-0.3, -0.25) is 4.79 Å². The van der Waals surface area contributed by atoms with Crippen molar-refractivity contribution in [1.29, 1.82) is 5.26 Å². The molecule has 128 valence electrons. The van der Waals surface area contributed by atoms with Gasteiger partial charge in [-0.05, 0) is 43.7 Å². The number of amides is 1. The van der Waals surface area contributed by atoms with Crippen LogP contribution in [0, 0.1) is 25.2 Å². The maximum absolute atomic E-state index is 12.4. The molecule has 0 bridgehead atoms. The number of carbonyl (C=O) groups excluding carboxylic acids is 1. The first-order chi connectivity index (χ1) is 12.5. The van der Waals surface area contributed by atoms with Crippen molar-refractivity contribution in [3.63, 3.8) is 0 Å². The second kappa shape index (κ2) is 7.45. The molecule has 2 aromatic carbocycles. The predicted molar refractivity (Wildman–Crippen MR) is 100 cm³/mol. The summed E-state index contributed by atoms with van der Waals surface area (Å²) in [6.45, 7) is 4.04. The molecular formula is C20H17N5O. The van der Waals surface area contributed by atoms with Crippen molar-refractivity contribution in [3.8, 4) is 6.07 Å². The van der Waals surface area contributed by atoms with E-state index in [2.05, 4.69) is 26.7 Å². The summed E-state index contributed by atoms with van der Waals surface area (Å²) < 4.78 is 0. The van der Waals surface area contributed by atoms with Crippen molar-refractivity contribution in [3.05, 3.63) is 77.2 Å². The van der Waals surface area contributed by atoms with Crippen molar-refractivity contribution in [2.75, 3.05) is 10.6 Å². The lowest BCUT2D eigenvalue weighted by molar-refractivity contribution is 0.102. The minimum Gasteiger partial charge on any atom is -0.340 e. The van der Waals surface area contributed by atoms with Crippen LogP contribution in [0.25, 0.3) is 0 Å². The van der Waals surface area contributed by atoms with Gasteiger partial charge in [0.05, 0.1) is 11.6 Å². The van der Waals surface area contributed by atoms with E-state index in [-0.39, 0.29) is 11.6 Å². The summed E-state index contributed by atoms with van der Waals surface area (Å²) in [6.07, 6.45) is 1.34. The Bertz CT molecular complexity index is 1010. The van der Waals surface area contributed by atoms with Crippen LogP contribution < -0.4 is 10.6 Å². The standard InChI is InChI=1S/C20H17N5O/c1-13-6-7-17(14(2)8-13)25-19-10-18(22-12-23-19)20(26)24-16-5-3-4-15(9-16)11-21/h3-10,12H,1-2H3,(H,24,26)(H,22,23,25). The highest BCUT2D eigenvalue weighted by Crippen LogP contribution is 2.20. The number of carbonyl (C=O) groups is 1. The van der Waals surface area contributed by atoms with Gasteiger partial charge in [0.2, 0.25) is 0 Å². The normalized spacial score (nSPS) is 10.0. The molecule has 0 aliphatic heterocycles. The summed E-state index contributed by atoms with van der Waals surface area (Å²) in [4.78, 5) is 20.6. The van der Waals surface area contributed by atoms with Gasteiger partial charge >= 0.3 is 0 Å². The lowest BCUT2D eigenvalue weighted by Gasteiger charge is -2.10. The Morgan fingerprint density at radius 2 is 1.92 bits per heavy atom. The zero-order chi connectivity index (χ0) is 18.5. The average Bonchev–Trinajstić information content (AvgIpc) is 2.64. The monoisotopic (exact) mass is 343 g/mol. The molecule has 1 amide bonds. The Morgan fingerprint density at radius 3 is 2.69 bits per heavy atom. The maximum atomic E-state index is 12.4. The minimum absolute atomic E-state index is 0.231. The highest BCUT2D eigenvalue weighted by atomic mass is 16.1. The zero-order valence-corrected chi connectivity index (χ0v) is 14.4. The largest absolute Gasteiger partial charge is 0.340 e. The molecule has 3 rings (SSSR count). The molecule has 1 heterocycles.